The van der Waals surface area contributed by atoms with Crippen molar-refractivity contribution in [2.24, 2.45) is 0 Å². The molecule has 0 aliphatic carbocycles. The zero-order valence-electron chi connectivity index (χ0n) is 14.5. The molecule has 0 bridgehead atoms. The van der Waals surface area contributed by atoms with Crippen molar-refractivity contribution in [2.45, 2.75) is 52.3 Å². The molecule has 1 atom stereocenters. The summed E-state index contributed by atoms with van der Waals surface area (Å²) < 4.78 is 51.5. The maximum atomic E-state index is 13.6. The number of aromatic nitrogens is 1. The van der Waals surface area contributed by atoms with Crippen LogP contribution < -0.4 is 9.47 Å². The van der Waals surface area contributed by atoms with Crippen LogP contribution in [0.1, 0.15) is 51.3 Å². The van der Waals surface area contributed by atoms with Gasteiger partial charge in [0.1, 0.15) is 5.75 Å². The molecule has 3 nitrogen and oxygen atoms in total. The van der Waals surface area contributed by atoms with Gasteiger partial charge in [0.2, 0.25) is 0 Å². The van der Waals surface area contributed by atoms with Gasteiger partial charge in [0, 0.05) is 10.9 Å². The van der Waals surface area contributed by atoms with Crippen LogP contribution in [0.4, 0.5) is 13.2 Å². The Balaban J connectivity index is 2.86. The van der Waals surface area contributed by atoms with Crippen molar-refractivity contribution in [3.8, 4) is 11.5 Å². The van der Waals surface area contributed by atoms with E-state index >= 15 is 0 Å². The van der Waals surface area contributed by atoms with E-state index in [2.05, 4.69) is 4.98 Å². The Morgan fingerprint density at radius 3 is 2.33 bits per heavy atom. The molecule has 0 amide bonds. The van der Waals surface area contributed by atoms with Crippen molar-refractivity contribution in [2.75, 3.05) is 7.11 Å². The molecule has 0 N–H and O–H groups in total. The Labute approximate surface area is 139 Å². The van der Waals surface area contributed by atoms with Gasteiger partial charge in [-0.15, -0.1) is 0 Å². The molecule has 1 aromatic heterocycles. The molecule has 2 rings (SSSR count). The van der Waals surface area contributed by atoms with Crippen molar-refractivity contribution < 1.29 is 22.6 Å². The molecule has 0 aliphatic rings. The lowest BCUT2D eigenvalue weighted by molar-refractivity contribution is -0.142. The predicted octanol–water partition coefficient (Wildman–Crippen LogP) is 5.56. The predicted molar refractivity (Wildman–Crippen MR) is 87.8 cm³/mol. The molecule has 0 fully saturated rings. The lowest BCUT2D eigenvalue weighted by Gasteiger charge is -2.23. The Kier molecular flexibility index (Phi) is 5.26. The van der Waals surface area contributed by atoms with E-state index in [9.17, 15) is 13.2 Å². The van der Waals surface area contributed by atoms with Gasteiger partial charge in [-0.2, -0.15) is 13.2 Å². The summed E-state index contributed by atoms with van der Waals surface area (Å²) in [5, 5.41) is 0.621. The third-order valence-electron chi connectivity index (χ3n) is 3.93. The number of hydrogen-bond acceptors (Lipinski definition) is 3. The van der Waals surface area contributed by atoms with Crippen molar-refractivity contribution in [1.82, 2.24) is 4.98 Å². The monoisotopic (exact) mass is 341 g/mol. The summed E-state index contributed by atoms with van der Waals surface area (Å²) in [6, 6.07) is 4.86. The van der Waals surface area contributed by atoms with Crippen molar-refractivity contribution in [1.29, 1.82) is 0 Å². The van der Waals surface area contributed by atoms with E-state index in [1.165, 1.54) is 7.11 Å². The summed E-state index contributed by atoms with van der Waals surface area (Å²) in [5.41, 5.74) is -0.181. The topological polar surface area (TPSA) is 31.4 Å². The zero-order chi connectivity index (χ0) is 18.1. The number of ether oxygens (including phenoxy) is 2. The van der Waals surface area contributed by atoms with Crippen molar-refractivity contribution in [3.05, 3.63) is 29.5 Å². The van der Waals surface area contributed by atoms with Gasteiger partial charge in [0.25, 0.3) is 0 Å². The van der Waals surface area contributed by atoms with Crippen LogP contribution in [0.15, 0.2) is 18.2 Å². The van der Waals surface area contributed by atoms with Gasteiger partial charge < -0.3 is 9.47 Å². The Morgan fingerprint density at radius 2 is 1.83 bits per heavy atom. The van der Waals surface area contributed by atoms with Crippen LogP contribution in [0, 0.1) is 0 Å². The number of fused-ring (bicyclic) bond motifs is 1. The van der Waals surface area contributed by atoms with Gasteiger partial charge in [-0.05, 0) is 37.5 Å². The minimum Gasteiger partial charge on any atom is -0.497 e. The standard InChI is InChI=1S/C18H22F3NO2/c1-6-11(4)24-16-15(10(2)3)13-9-12(23-5)7-8-14(13)22-17(16)18(19,20)21/h7-11H,6H2,1-5H3. The highest BCUT2D eigenvalue weighted by Crippen LogP contribution is 2.43. The molecule has 6 heteroatoms. The quantitative estimate of drug-likeness (QED) is 0.713. The molecule has 2 aromatic rings. The number of hydrogen-bond donors (Lipinski definition) is 0. The number of benzene rings is 1. The second-order valence-corrected chi connectivity index (χ2v) is 6.08. The number of nitrogens with zero attached hydrogens (tertiary/aromatic N) is 1. The van der Waals surface area contributed by atoms with Crippen LogP contribution >= 0.6 is 0 Å². The summed E-state index contributed by atoms with van der Waals surface area (Å²) in [4.78, 5) is 3.85. The average molecular weight is 341 g/mol. The molecular weight excluding hydrogens is 319 g/mol. The molecule has 0 saturated carbocycles. The fourth-order valence-corrected chi connectivity index (χ4v) is 2.55. The molecule has 0 radical (unpaired) electrons. The van der Waals surface area contributed by atoms with Crippen molar-refractivity contribution in [3.63, 3.8) is 0 Å². The fraction of sp³-hybridized carbons (Fsp3) is 0.500. The first-order valence-electron chi connectivity index (χ1n) is 7.94. The number of methoxy groups -OCH3 is 1. The van der Waals surface area contributed by atoms with Crippen LogP contribution in [0.3, 0.4) is 0 Å². The molecule has 24 heavy (non-hydrogen) atoms. The van der Waals surface area contributed by atoms with Gasteiger partial charge >= 0.3 is 6.18 Å². The number of alkyl halides is 3. The first-order chi connectivity index (χ1) is 11.2. The minimum absolute atomic E-state index is 0.164. The van der Waals surface area contributed by atoms with Crippen LogP contribution in [0.2, 0.25) is 0 Å². The van der Waals surface area contributed by atoms with Crippen LogP contribution in [-0.4, -0.2) is 18.2 Å². The number of rotatable bonds is 5. The second-order valence-electron chi connectivity index (χ2n) is 6.08. The summed E-state index contributed by atoms with van der Waals surface area (Å²) in [5.74, 6) is 0.232. The molecule has 0 spiro atoms. The van der Waals surface area contributed by atoms with E-state index in [-0.39, 0.29) is 23.3 Å². The first-order valence-corrected chi connectivity index (χ1v) is 7.94. The second kappa shape index (κ2) is 6.87. The highest BCUT2D eigenvalue weighted by molar-refractivity contribution is 5.87. The smallest absolute Gasteiger partial charge is 0.437 e. The maximum absolute atomic E-state index is 13.6. The fourth-order valence-electron chi connectivity index (χ4n) is 2.55. The van der Waals surface area contributed by atoms with Gasteiger partial charge in [-0.3, -0.25) is 0 Å². The Morgan fingerprint density at radius 1 is 1.17 bits per heavy atom. The maximum Gasteiger partial charge on any atom is 0.437 e. The van der Waals surface area contributed by atoms with Crippen LogP contribution in [0.25, 0.3) is 10.9 Å². The molecule has 1 aromatic carbocycles. The van der Waals surface area contributed by atoms with Crippen molar-refractivity contribution >= 4 is 10.9 Å². The third-order valence-corrected chi connectivity index (χ3v) is 3.93. The van der Waals surface area contributed by atoms with E-state index in [4.69, 9.17) is 9.47 Å². The first kappa shape index (κ1) is 18.4. The highest BCUT2D eigenvalue weighted by Gasteiger charge is 2.39. The van der Waals surface area contributed by atoms with Crippen LogP contribution in [0.5, 0.6) is 11.5 Å². The summed E-state index contributed by atoms with van der Waals surface area (Å²) in [6.07, 6.45) is -4.32. The highest BCUT2D eigenvalue weighted by atomic mass is 19.4. The van der Waals surface area contributed by atoms with E-state index in [1.807, 2.05) is 20.8 Å². The van der Waals surface area contributed by atoms with E-state index in [0.717, 1.165) is 0 Å². The largest absolute Gasteiger partial charge is 0.497 e. The Hall–Kier alpha value is -1.98. The van der Waals surface area contributed by atoms with E-state index in [0.29, 0.717) is 23.1 Å². The van der Waals surface area contributed by atoms with E-state index < -0.39 is 11.9 Å². The molecular formula is C18H22F3NO2. The number of halogens is 3. The van der Waals surface area contributed by atoms with Gasteiger partial charge in [0.05, 0.1) is 18.7 Å². The minimum atomic E-state index is -4.58. The average Bonchev–Trinajstić information content (AvgIpc) is 2.51. The number of pyridine rings is 1. The van der Waals surface area contributed by atoms with E-state index in [1.54, 1.807) is 25.1 Å². The Bertz CT molecular complexity index is 726. The summed E-state index contributed by atoms with van der Waals surface area (Å²) in [7, 11) is 1.52. The lowest BCUT2D eigenvalue weighted by atomic mass is 9.96. The van der Waals surface area contributed by atoms with Crippen LogP contribution in [-0.2, 0) is 6.18 Å². The molecule has 1 heterocycles. The molecule has 1 unspecified atom stereocenters. The lowest BCUT2D eigenvalue weighted by Crippen LogP contribution is -2.18. The normalized spacial score (nSPS) is 13.4. The SMILES string of the molecule is CCC(C)Oc1c(C(F)(F)F)nc2ccc(OC)cc2c1C(C)C. The molecule has 132 valence electrons. The molecule has 0 saturated heterocycles. The zero-order valence-corrected chi connectivity index (χ0v) is 14.5. The molecule has 0 aliphatic heterocycles. The van der Waals surface area contributed by atoms with Gasteiger partial charge in [-0.1, -0.05) is 20.8 Å². The summed E-state index contributed by atoms with van der Waals surface area (Å²) in [6.45, 7) is 7.31. The van der Waals surface area contributed by atoms with Gasteiger partial charge in [-0.25, -0.2) is 4.98 Å². The van der Waals surface area contributed by atoms with Gasteiger partial charge in [0.15, 0.2) is 11.4 Å². The third kappa shape index (κ3) is 3.57. The summed E-state index contributed by atoms with van der Waals surface area (Å²) >= 11 is 0.